The van der Waals surface area contributed by atoms with E-state index in [9.17, 15) is 4.79 Å². The molecular formula is C12H17NO2S. The Morgan fingerprint density at radius 3 is 3.19 bits per heavy atom. The summed E-state index contributed by atoms with van der Waals surface area (Å²) in [6.45, 7) is 4.10. The molecule has 2 heterocycles. The Morgan fingerprint density at radius 1 is 1.69 bits per heavy atom. The number of carboxylic acid groups (broad SMARTS) is 1. The van der Waals surface area contributed by atoms with Crippen molar-refractivity contribution in [3.05, 3.63) is 21.9 Å². The minimum absolute atomic E-state index is 0.502. The van der Waals surface area contributed by atoms with Gasteiger partial charge in [0.15, 0.2) is 0 Å². The van der Waals surface area contributed by atoms with Crippen molar-refractivity contribution in [1.82, 2.24) is 4.90 Å². The van der Waals surface area contributed by atoms with Crippen LogP contribution in [0.1, 0.15) is 41.4 Å². The molecular weight excluding hydrogens is 222 g/mol. The fourth-order valence-electron chi connectivity index (χ4n) is 2.43. The van der Waals surface area contributed by atoms with Gasteiger partial charge in [-0.15, -0.1) is 11.3 Å². The average Bonchev–Trinajstić information content (AvgIpc) is 2.86. The van der Waals surface area contributed by atoms with E-state index in [4.69, 9.17) is 5.11 Å². The van der Waals surface area contributed by atoms with Crippen molar-refractivity contribution in [2.45, 2.75) is 38.8 Å². The molecule has 1 saturated heterocycles. The zero-order chi connectivity index (χ0) is 11.5. The van der Waals surface area contributed by atoms with Crippen LogP contribution < -0.4 is 0 Å². The Balaban J connectivity index is 2.08. The second-order valence-corrected chi connectivity index (χ2v) is 5.17. The van der Waals surface area contributed by atoms with Crippen molar-refractivity contribution in [1.29, 1.82) is 0 Å². The highest BCUT2D eigenvalue weighted by Crippen LogP contribution is 2.25. The summed E-state index contributed by atoms with van der Waals surface area (Å²) >= 11 is 1.32. The minimum Gasteiger partial charge on any atom is -0.477 e. The van der Waals surface area contributed by atoms with Gasteiger partial charge in [0.2, 0.25) is 0 Å². The average molecular weight is 239 g/mol. The third kappa shape index (κ3) is 2.28. The number of carboxylic acids is 1. The molecule has 2 rings (SSSR count). The van der Waals surface area contributed by atoms with Gasteiger partial charge in [0.05, 0.1) is 0 Å². The highest BCUT2D eigenvalue weighted by Gasteiger charge is 2.24. The SMILES string of the molecule is CCC1CCCN1Cc1ccsc1C(=O)O. The third-order valence-corrected chi connectivity index (χ3v) is 4.23. The smallest absolute Gasteiger partial charge is 0.346 e. The Labute approximate surface area is 99.7 Å². The van der Waals surface area contributed by atoms with Gasteiger partial charge in [-0.25, -0.2) is 4.79 Å². The van der Waals surface area contributed by atoms with Gasteiger partial charge in [0, 0.05) is 12.6 Å². The Bertz CT molecular complexity index is 375. The van der Waals surface area contributed by atoms with E-state index < -0.39 is 5.97 Å². The molecule has 88 valence electrons. The molecule has 3 nitrogen and oxygen atoms in total. The number of carbonyl (C=O) groups is 1. The number of thiophene rings is 1. The fraction of sp³-hybridized carbons (Fsp3) is 0.583. The van der Waals surface area contributed by atoms with Gasteiger partial charge in [-0.2, -0.15) is 0 Å². The highest BCUT2D eigenvalue weighted by atomic mass is 32.1. The Kier molecular flexibility index (Phi) is 3.61. The molecule has 0 spiro atoms. The first-order chi connectivity index (χ1) is 7.72. The van der Waals surface area contributed by atoms with Crippen molar-refractivity contribution >= 4 is 17.3 Å². The number of likely N-dealkylation sites (tertiary alicyclic amines) is 1. The van der Waals surface area contributed by atoms with E-state index in [1.807, 2.05) is 11.4 Å². The first-order valence-electron chi connectivity index (χ1n) is 5.76. The molecule has 1 aromatic heterocycles. The molecule has 0 saturated carbocycles. The van der Waals surface area contributed by atoms with Gasteiger partial charge < -0.3 is 5.11 Å². The van der Waals surface area contributed by atoms with Crippen molar-refractivity contribution in [3.8, 4) is 0 Å². The van der Waals surface area contributed by atoms with Crippen molar-refractivity contribution in [3.63, 3.8) is 0 Å². The number of aromatic carboxylic acids is 1. The lowest BCUT2D eigenvalue weighted by Crippen LogP contribution is -2.28. The lowest BCUT2D eigenvalue weighted by atomic mass is 10.1. The van der Waals surface area contributed by atoms with E-state index in [1.165, 1.54) is 24.2 Å². The van der Waals surface area contributed by atoms with Gasteiger partial charge in [0.1, 0.15) is 4.88 Å². The van der Waals surface area contributed by atoms with Crippen LogP contribution in [0.2, 0.25) is 0 Å². The van der Waals surface area contributed by atoms with Crippen molar-refractivity contribution < 1.29 is 9.90 Å². The molecule has 16 heavy (non-hydrogen) atoms. The van der Waals surface area contributed by atoms with Crippen molar-refractivity contribution in [2.75, 3.05) is 6.54 Å². The van der Waals surface area contributed by atoms with Crippen LogP contribution in [0.25, 0.3) is 0 Å². The number of rotatable bonds is 4. The van der Waals surface area contributed by atoms with E-state index in [2.05, 4.69) is 11.8 Å². The molecule has 0 bridgehead atoms. The van der Waals surface area contributed by atoms with E-state index in [0.717, 1.165) is 25.1 Å². The van der Waals surface area contributed by atoms with Crippen LogP contribution in [0.3, 0.4) is 0 Å². The number of hydrogen-bond acceptors (Lipinski definition) is 3. The third-order valence-electron chi connectivity index (χ3n) is 3.28. The molecule has 1 fully saturated rings. The second kappa shape index (κ2) is 4.97. The Morgan fingerprint density at radius 2 is 2.50 bits per heavy atom. The molecule has 0 amide bonds. The zero-order valence-electron chi connectivity index (χ0n) is 9.48. The van der Waals surface area contributed by atoms with E-state index in [0.29, 0.717) is 10.9 Å². The molecule has 0 radical (unpaired) electrons. The largest absolute Gasteiger partial charge is 0.477 e. The first-order valence-corrected chi connectivity index (χ1v) is 6.64. The van der Waals surface area contributed by atoms with E-state index in [-0.39, 0.29) is 0 Å². The lowest BCUT2D eigenvalue weighted by molar-refractivity contribution is 0.0699. The summed E-state index contributed by atoms with van der Waals surface area (Å²) in [5, 5.41) is 10.9. The first kappa shape index (κ1) is 11.6. The summed E-state index contributed by atoms with van der Waals surface area (Å²) in [7, 11) is 0. The molecule has 0 aromatic carbocycles. The van der Waals surface area contributed by atoms with Gasteiger partial charge in [-0.1, -0.05) is 6.92 Å². The quantitative estimate of drug-likeness (QED) is 0.878. The number of hydrogen-bond donors (Lipinski definition) is 1. The van der Waals surface area contributed by atoms with Gasteiger partial charge in [-0.05, 0) is 42.8 Å². The van der Waals surface area contributed by atoms with E-state index in [1.54, 1.807) is 0 Å². The lowest BCUT2D eigenvalue weighted by Gasteiger charge is -2.22. The molecule has 1 atom stereocenters. The standard InChI is InChI=1S/C12H17NO2S/c1-2-10-4-3-6-13(10)8-9-5-7-16-11(9)12(14)15/h5,7,10H,2-4,6,8H2,1H3,(H,14,15). The predicted molar refractivity (Wildman–Crippen MR) is 65.0 cm³/mol. The maximum atomic E-state index is 11.0. The predicted octanol–water partition coefficient (Wildman–Crippen LogP) is 2.82. The van der Waals surface area contributed by atoms with Gasteiger partial charge >= 0.3 is 5.97 Å². The van der Waals surface area contributed by atoms with Crippen LogP contribution in [0, 0.1) is 0 Å². The molecule has 1 N–H and O–H groups in total. The second-order valence-electron chi connectivity index (χ2n) is 4.25. The minimum atomic E-state index is -0.794. The maximum absolute atomic E-state index is 11.0. The normalized spacial score (nSPS) is 21.4. The summed E-state index contributed by atoms with van der Waals surface area (Å²) < 4.78 is 0. The molecule has 1 aromatic rings. The Hall–Kier alpha value is -0.870. The van der Waals surface area contributed by atoms with Crippen molar-refractivity contribution in [2.24, 2.45) is 0 Å². The maximum Gasteiger partial charge on any atom is 0.346 e. The highest BCUT2D eigenvalue weighted by molar-refractivity contribution is 7.12. The van der Waals surface area contributed by atoms with Crippen LogP contribution in [0.5, 0.6) is 0 Å². The molecule has 4 heteroatoms. The monoisotopic (exact) mass is 239 g/mol. The topological polar surface area (TPSA) is 40.5 Å². The molecule has 0 aliphatic carbocycles. The summed E-state index contributed by atoms with van der Waals surface area (Å²) in [6, 6.07) is 2.58. The van der Waals surface area contributed by atoms with Gasteiger partial charge in [0.25, 0.3) is 0 Å². The summed E-state index contributed by atoms with van der Waals surface area (Å²) in [4.78, 5) is 13.9. The van der Waals surface area contributed by atoms with Crippen LogP contribution >= 0.6 is 11.3 Å². The van der Waals surface area contributed by atoms with E-state index >= 15 is 0 Å². The van der Waals surface area contributed by atoms with Gasteiger partial charge in [-0.3, -0.25) is 4.90 Å². The van der Waals surface area contributed by atoms with Crippen LogP contribution in [0.15, 0.2) is 11.4 Å². The summed E-state index contributed by atoms with van der Waals surface area (Å²) in [6.07, 6.45) is 3.65. The summed E-state index contributed by atoms with van der Waals surface area (Å²) in [5.41, 5.74) is 0.970. The van der Waals surface area contributed by atoms with Crippen LogP contribution in [0.4, 0.5) is 0 Å². The van der Waals surface area contributed by atoms with Crippen LogP contribution in [-0.4, -0.2) is 28.6 Å². The summed E-state index contributed by atoms with van der Waals surface area (Å²) in [5.74, 6) is -0.794. The molecule has 1 aliphatic heterocycles. The zero-order valence-corrected chi connectivity index (χ0v) is 10.3. The molecule has 1 aliphatic rings. The fourth-order valence-corrected chi connectivity index (χ4v) is 3.19. The molecule has 1 unspecified atom stereocenters. The number of nitrogens with zero attached hydrogens (tertiary/aromatic N) is 1. The van der Waals surface area contributed by atoms with Crippen LogP contribution in [-0.2, 0) is 6.54 Å².